The van der Waals surface area contributed by atoms with Crippen molar-refractivity contribution in [3.63, 3.8) is 0 Å². The van der Waals surface area contributed by atoms with Gasteiger partial charge in [-0.15, -0.1) is 0 Å². The molecule has 1 amide bonds. The van der Waals surface area contributed by atoms with Gasteiger partial charge in [-0.3, -0.25) is 4.79 Å². The molecular formula is C29H27N5O. The van der Waals surface area contributed by atoms with Crippen LogP contribution in [0, 0.1) is 0 Å². The van der Waals surface area contributed by atoms with Crippen molar-refractivity contribution >= 4 is 23.1 Å². The third-order valence-electron chi connectivity index (χ3n) is 5.99. The quantitative estimate of drug-likeness (QED) is 0.326. The number of imidazole rings is 1. The number of primary amides is 1. The molecule has 3 aromatic carbocycles. The van der Waals surface area contributed by atoms with Crippen LogP contribution in [0.2, 0.25) is 0 Å². The number of nitrogens with one attached hydrogen (secondary N) is 1. The number of benzene rings is 3. The highest BCUT2D eigenvalue weighted by Crippen LogP contribution is 2.35. The number of carbonyl (C=O) groups is 1. The van der Waals surface area contributed by atoms with Gasteiger partial charge in [-0.1, -0.05) is 63.2 Å². The summed E-state index contributed by atoms with van der Waals surface area (Å²) in [6, 6.07) is 23.8. The Morgan fingerprint density at radius 2 is 1.71 bits per heavy atom. The van der Waals surface area contributed by atoms with E-state index in [-0.39, 0.29) is 5.41 Å². The zero-order valence-corrected chi connectivity index (χ0v) is 20.0. The summed E-state index contributed by atoms with van der Waals surface area (Å²) in [6.07, 6.45) is 5.65. The van der Waals surface area contributed by atoms with E-state index < -0.39 is 5.91 Å². The maximum atomic E-state index is 11.9. The molecule has 0 atom stereocenters. The van der Waals surface area contributed by atoms with Crippen LogP contribution in [0.3, 0.4) is 0 Å². The second-order valence-corrected chi connectivity index (χ2v) is 9.58. The first kappa shape index (κ1) is 22.3. The van der Waals surface area contributed by atoms with Crippen LogP contribution in [-0.4, -0.2) is 20.3 Å². The molecular weight excluding hydrogens is 434 g/mol. The van der Waals surface area contributed by atoms with Crippen molar-refractivity contribution < 1.29 is 4.79 Å². The largest absolute Gasteiger partial charge is 0.366 e. The van der Waals surface area contributed by atoms with Crippen LogP contribution in [0.1, 0.15) is 36.7 Å². The lowest BCUT2D eigenvalue weighted by atomic mass is 9.81. The van der Waals surface area contributed by atoms with Crippen LogP contribution in [0.15, 0.2) is 91.4 Å². The summed E-state index contributed by atoms with van der Waals surface area (Å²) in [5.41, 5.74) is 12.6. The molecule has 0 saturated carbocycles. The Bertz CT molecular complexity index is 1530. The van der Waals surface area contributed by atoms with Crippen molar-refractivity contribution in [1.82, 2.24) is 14.4 Å². The van der Waals surface area contributed by atoms with E-state index >= 15 is 0 Å². The van der Waals surface area contributed by atoms with E-state index in [1.165, 1.54) is 0 Å². The highest BCUT2D eigenvalue weighted by molar-refractivity contribution is 5.94. The molecule has 35 heavy (non-hydrogen) atoms. The summed E-state index contributed by atoms with van der Waals surface area (Å²) in [4.78, 5) is 21.3. The number of aromatic nitrogens is 3. The molecule has 0 spiro atoms. The smallest absolute Gasteiger partial charge is 0.248 e. The third kappa shape index (κ3) is 4.51. The highest BCUT2D eigenvalue weighted by atomic mass is 16.1. The summed E-state index contributed by atoms with van der Waals surface area (Å²) >= 11 is 0. The number of carbonyl (C=O) groups excluding carboxylic acids is 1. The number of para-hydroxylation sites is 1. The number of amides is 1. The number of fused-ring (bicyclic) bond motifs is 1. The van der Waals surface area contributed by atoms with E-state index in [0.29, 0.717) is 11.4 Å². The van der Waals surface area contributed by atoms with Crippen molar-refractivity contribution in [1.29, 1.82) is 0 Å². The Morgan fingerprint density at radius 1 is 0.943 bits per heavy atom. The lowest BCUT2D eigenvalue weighted by molar-refractivity contribution is 0.1000. The predicted molar refractivity (Wildman–Crippen MR) is 141 cm³/mol. The van der Waals surface area contributed by atoms with Crippen LogP contribution in [0.4, 0.5) is 11.5 Å². The van der Waals surface area contributed by atoms with E-state index in [1.54, 1.807) is 12.3 Å². The minimum absolute atomic E-state index is 0.109. The maximum Gasteiger partial charge on any atom is 0.248 e. The molecule has 174 valence electrons. The Balaban J connectivity index is 1.63. The fourth-order valence-electron chi connectivity index (χ4n) is 4.25. The standard InChI is InChI=1S/C29H27N5O/c1-29(2,3)24-13-12-21(26(30)35)17-23(24)19-8-7-9-20(16-19)25-18-34-15-14-31-28(34)27(33-25)32-22-10-5-4-6-11-22/h4-18H,1-3H3,(H2,30,35)(H,32,33). The summed E-state index contributed by atoms with van der Waals surface area (Å²) in [7, 11) is 0. The highest BCUT2D eigenvalue weighted by Gasteiger charge is 2.20. The number of rotatable bonds is 5. The molecule has 3 N–H and O–H groups in total. The van der Waals surface area contributed by atoms with E-state index in [4.69, 9.17) is 10.7 Å². The van der Waals surface area contributed by atoms with Crippen LogP contribution in [-0.2, 0) is 5.41 Å². The van der Waals surface area contributed by atoms with Gasteiger partial charge in [0.1, 0.15) is 0 Å². The minimum atomic E-state index is -0.438. The number of hydrogen-bond donors (Lipinski definition) is 2. The monoisotopic (exact) mass is 461 g/mol. The number of anilines is 2. The van der Waals surface area contributed by atoms with E-state index in [0.717, 1.165) is 39.3 Å². The van der Waals surface area contributed by atoms with Crippen LogP contribution >= 0.6 is 0 Å². The molecule has 0 aliphatic carbocycles. The van der Waals surface area contributed by atoms with Gasteiger partial charge in [0.05, 0.1) is 5.69 Å². The van der Waals surface area contributed by atoms with Gasteiger partial charge in [0.15, 0.2) is 11.5 Å². The predicted octanol–water partition coefficient (Wildman–Crippen LogP) is 6.20. The summed E-state index contributed by atoms with van der Waals surface area (Å²) in [5.74, 6) is 0.238. The summed E-state index contributed by atoms with van der Waals surface area (Å²) in [6.45, 7) is 6.49. The second kappa shape index (κ2) is 8.72. The molecule has 2 heterocycles. The van der Waals surface area contributed by atoms with Crippen molar-refractivity contribution in [2.75, 3.05) is 5.32 Å². The Kier molecular flexibility index (Phi) is 5.57. The summed E-state index contributed by atoms with van der Waals surface area (Å²) in [5, 5.41) is 3.39. The van der Waals surface area contributed by atoms with E-state index in [2.05, 4.69) is 43.2 Å². The second-order valence-electron chi connectivity index (χ2n) is 9.58. The zero-order valence-electron chi connectivity index (χ0n) is 20.0. The molecule has 5 rings (SSSR count). The normalized spacial score (nSPS) is 11.5. The van der Waals surface area contributed by atoms with Gasteiger partial charge in [0, 0.05) is 35.4 Å². The lowest BCUT2D eigenvalue weighted by Gasteiger charge is -2.24. The molecule has 5 aromatic rings. The first-order valence-corrected chi connectivity index (χ1v) is 11.5. The molecule has 0 aliphatic rings. The molecule has 0 aliphatic heterocycles. The topological polar surface area (TPSA) is 85.3 Å². The van der Waals surface area contributed by atoms with Gasteiger partial charge in [0.2, 0.25) is 5.91 Å². The Labute approximate surface area is 204 Å². The summed E-state index contributed by atoms with van der Waals surface area (Å²) < 4.78 is 1.97. The van der Waals surface area contributed by atoms with Gasteiger partial charge >= 0.3 is 0 Å². The third-order valence-corrected chi connectivity index (χ3v) is 5.99. The molecule has 0 saturated heterocycles. The molecule has 6 nitrogen and oxygen atoms in total. The fraction of sp³-hybridized carbons (Fsp3) is 0.138. The van der Waals surface area contributed by atoms with Crippen LogP contribution in [0.5, 0.6) is 0 Å². The van der Waals surface area contributed by atoms with Gasteiger partial charge in [-0.05, 0) is 52.4 Å². The van der Waals surface area contributed by atoms with Gasteiger partial charge in [-0.25, -0.2) is 9.97 Å². The number of nitrogens with two attached hydrogens (primary N) is 1. The van der Waals surface area contributed by atoms with Crippen LogP contribution in [0.25, 0.3) is 28.0 Å². The van der Waals surface area contributed by atoms with E-state index in [9.17, 15) is 4.79 Å². The maximum absolute atomic E-state index is 11.9. The van der Waals surface area contributed by atoms with Crippen LogP contribution < -0.4 is 11.1 Å². The Hall–Kier alpha value is -4.45. The van der Waals surface area contributed by atoms with Crippen molar-refractivity contribution in [3.8, 4) is 22.4 Å². The van der Waals surface area contributed by atoms with Gasteiger partial charge < -0.3 is 15.5 Å². The number of hydrogen-bond acceptors (Lipinski definition) is 4. The minimum Gasteiger partial charge on any atom is -0.366 e. The SMILES string of the molecule is CC(C)(C)c1ccc(C(N)=O)cc1-c1cccc(-c2cn3ccnc3c(Nc3ccccc3)n2)c1. The van der Waals surface area contributed by atoms with Gasteiger partial charge in [-0.2, -0.15) is 0 Å². The fourth-order valence-corrected chi connectivity index (χ4v) is 4.25. The van der Waals surface area contributed by atoms with Crippen molar-refractivity contribution in [3.05, 3.63) is 103 Å². The lowest BCUT2D eigenvalue weighted by Crippen LogP contribution is -2.16. The van der Waals surface area contributed by atoms with E-state index in [1.807, 2.05) is 71.4 Å². The molecule has 0 radical (unpaired) electrons. The zero-order chi connectivity index (χ0) is 24.6. The Morgan fingerprint density at radius 3 is 2.46 bits per heavy atom. The number of nitrogens with zero attached hydrogens (tertiary/aromatic N) is 3. The van der Waals surface area contributed by atoms with Crippen molar-refractivity contribution in [2.24, 2.45) is 5.73 Å². The molecule has 0 unspecified atom stereocenters. The average Bonchev–Trinajstić information content (AvgIpc) is 3.33. The molecule has 0 bridgehead atoms. The molecule has 0 fully saturated rings. The van der Waals surface area contributed by atoms with Gasteiger partial charge in [0.25, 0.3) is 0 Å². The first-order chi connectivity index (χ1) is 16.8. The van der Waals surface area contributed by atoms with Crippen molar-refractivity contribution in [2.45, 2.75) is 26.2 Å². The molecule has 6 heteroatoms. The average molecular weight is 462 g/mol. The molecule has 2 aromatic heterocycles. The first-order valence-electron chi connectivity index (χ1n) is 11.5.